The first-order valence-corrected chi connectivity index (χ1v) is 10.1. The Morgan fingerprint density at radius 2 is 1.82 bits per heavy atom. The molecule has 2 atom stereocenters. The molecule has 1 aromatic heterocycles. The van der Waals surface area contributed by atoms with E-state index in [4.69, 9.17) is 4.74 Å². The molecule has 1 aliphatic rings. The lowest BCUT2D eigenvalue weighted by Crippen LogP contribution is -2.41. The Morgan fingerprint density at radius 3 is 2.54 bits per heavy atom. The molecule has 6 heteroatoms. The number of thioether (sulfide) groups is 1. The monoisotopic (exact) mass is 393 g/mol. The molecular formula is C22H23N3O2S. The van der Waals surface area contributed by atoms with Gasteiger partial charge in [0.05, 0.1) is 18.2 Å². The van der Waals surface area contributed by atoms with E-state index in [1.54, 1.807) is 18.9 Å². The van der Waals surface area contributed by atoms with Crippen molar-refractivity contribution in [2.45, 2.75) is 30.2 Å². The molecule has 0 saturated heterocycles. The fourth-order valence-corrected chi connectivity index (χ4v) is 4.59. The Kier molecular flexibility index (Phi) is 5.05. The molecule has 4 rings (SSSR count). The molecule has 1 amide bonds. The number of anilines is 1. The molecule has 5 nitrogen and oxygen atoms in total. The molecule has 0 radical (unpaired) electrons. The summed E-state index contributed by atoms with van der Waals surface area (Å²) in [7, 11) is 1.65. The van der Waals surface area contributed by atoms with Crippen LogP contribution in [0, 0.1) is 13.8 Å². The van der Waals surface area contributed by atoms with Crippen LogP contribution >= 0.6 is 11.8 Å². The van der Waals surface area contributed by atoms with Crippen molar-refractivity contribution in [2.24, 2.45) is 0 Å². The van der Waals surface area contributed by atoms with Gasteiger partial charge in [-0.25, -0.2) is 0 Å². The summed E-state index contributed by atoms with van der Waals surface area (Å²) in [5.74, 6) is 0.781. The molecule has 0 bridgehead atoms. The molecule has 0 spiro atoms. The van der Waals surface area contributed by atoms with Crippen LogP contribution in [0.5, 0.6) is 5.75 Å². The van der Waals surface area contributed by atoms with Crippen LogP contribution in [0.25, 0.3) is 0 Å². The molecule has 0 aliphatic carbocycles. The summed E-state index contributed by atoms with van der Waals surface area (Å²) in [6.07, 6.45) is 0. The zero-order valence-electron chi connectivity index (χ0n) is 16.1. The smallest absolute Gasteiger partial charge is 0.240 e. The van der Waals surface area contributed by atoms with Crippen LogP contribution in [0.2, 0.25) is 0 Å². The van der Waals surface area contributed by atoms with Gasteiger partial charge >= 0.3 is 0 Å². The molecule has 1 aliphatic heterocycles. The van der Waals surface area contributed by atoms with Gasteiger partial charge in [0.25, 0.3) is 0 Å². The molecule has 0 fully saturated rings. The number of hydrogen-bond donors (Lipinski definition) is 2. The number of fused-ring (bicyclic) bond motifs is 1. The number of aryl methyl sites for hydroxylation is 2. The number of aromatic nitrogens is 1. The van der Waals surface area contributed by atoms with Gasteiger partial charge in [-0.1, -0.05) is 42.1 Å². The first-order chi connectivity index (χ1) is 13.6. The van der Waals surface area contributed by atoms with E-state index < -0.39 is 0 Å². The number of benzene rings is 2. The fourth-order valence-electron chi connectivity index (χ4n) is 3.36. The average molecular weight is 394 g/mol. The summed E-state index contributed by atoms with van der Waals surface area (Å²) in [5.41, 5.74) is 7.57. The molecular weight excluding hydrogens is 370 g/mol. The van der Waals surface area contributed by atoms with Gasteiger partial charge in [-0.05, 0) is 55.3 Å². The highest BCUT2D eigenvalue weighted by Crippen LogP contribution is 2.39. The second kappa shape index (κ2) is 7.64. The Bertz CT molecular complexity index is 997. The number of carbonyl (C=O) groups excluding carboxylic acids is 1. The quantitative estimate of drug-likeness (QED) is 0.685. The molecule has 0 saturated carbocycles. The van der Waals surface area contributed by atoms with Gasteiger partial charge in [0.15, 0.2) is 0 Å². The van der Waals surface area contributed by atoms with Crippen molar-refractivity contribution in [1.29, 1.82) is 0 Å². The van der Waals surface area contributed by atoms with Crippen LogP contribution in [-0.4, -0.2) is 22.9 Å². The van der Waals surface area contributed by atoms with E-state index in [9.17, 15) is 4.79 Å². The zero-order chi connectivity index (χ0) is 19.7. The minimum Gasteiger partial charge on any atom is -0.497 e. The zero-order valence-corrected chi connectivity index (χ0v) is 16.9. The molecule has 2 aromatic carbocycles. The lowest BCUT2D eigenvalue weighted by Gasteiger charge is -2.34. The van der Waals surface area contributed by atoms with E-state index >= 15 is 0 Å². The van der Waals surface area contributed by atoms with Crippen LogP contribution in [0.1, 0.15) is 22.9 Å². The Balaban J connectivity index is 1.67. The van der Waals surface area contributed by atoms with Crippen LogP contribution in [0.15, 0.2) is 65.7 Å². The third-order valence-corrected chi connectivity index (χ3v) is 6.30. The predicted molar refractivity (Wildman–Crippen MR) is 114 cm³/mol. The minimum absolute atomic E-state index is 0.0160. The van der Waals surface area contributed by atoms with E-state index in [0.717, 1.165) is 33.3 Å². The van der Waals surface area contributed by atoms with Gasteiger partial charge in [0, 0.05) is 11.4 Å². The highest BCUT2D eigenvalue weighted by molar-refractivity contribution is 8.00. The van der Waals surface area contributed by atoms with Crippen molar-refractivity contribution >= 4 is 23.4 Å². The summed E-state index contributed by atoms with van der Waals surface area (Å²) in [6, 6.07) is 19.6. The maximum absolute atomic E-state index is 13.2. The van der Waals surface area contributed by atoms with Crippen molar-refractivity contribution in [1.82, 2.24) is 4.68 Å². The molecule has 3 aromatic rings. The summed E-state index contributed by atoms with van der Waals surface area (Å²) in [5, 5.41) is 3.83. The first kappa shape index (κ1) is 18.5. The number of ether oxygens (including phenoxy) is 1. The predicted octanol–water partition coefficient (Wildman–Crippen LogP) is 4.51. The summed E-state index contributed by atoms with van der Waals surface area (Å²) >= 11 is 1.58. The van der Waals surface area contributed by atoms with E-state index in [-0.39, 0.29) is 17.2 Å². The van der Waals surface area contributed by atoms with Gasteiger partial charge in [-0.15, -0.1) is 0 Å². The van der Waals surface area contributed by atoms with E-state index in [2.05, 4.69) is 28.4 Å². The van der Waals surface area contributed by atoms with Gasteiger partial charge in [-0.3, -0.25) is 9.47 Å². The number of para-hydroxylation sites is 1. The summed E-state index contributed by atoms with van der Waals surface area (Å²) in [6.45, 7) is 4.05. The second-order valence-electron chi connectivity index (χ2n) is 6.87. The van der Waals surface area contributed by atoms with E-state index in [1.165, 1.54) is 0 Å². The van der Waals surface area contributed by atoms with Crippen molar-refractivity contribution in [3.63, 3.8) is 0 Å². The molecule has 144 valence electrons. The maximum atomic E-state index is 13.2. The largest absolute Gasteiger partial charge is 0.497 e. The SMILES string of the molecule is COc1ccc(C2Nn3c(C)ccc3SC2C(=O)Nc2ccccc2C)cc1. The molecule has 28 heavy (non-hydrogen) atoms. The lowest BCUT2D eigenvalue weighted by molar-refractivity contribution is -0.116. The Labute approximate surface area is 169 Å². The third kappa shape index (κ3) is 3.47. The molecule has 2 heterocycles. The number of nitrogens with zero attached hydrogens (tertiary/aromatic N) is 1. The van der Waals surface area contributed by atoms with Crippen molar-refractivity contribution in [3.8, 4) is 5.75 Å². The number of nitrogens with one attached hydrogen (secondary N) is 2. The second-order valence-corrected chi connectivity index (χ2v) is 8.03. The van der Waals surface area contributed by atoms with E-state index in [0.29, 0.717) is 0 Å². The fraction of sp³-hybridized carbons (Fsp3) is 0.227. The Hall–Kier alpha value is -2.86. The van der Waals surface area contributed by atoms with Crippen LogP contribution < -0.4 is 15.5 Å². The maximum Gasteiger partial charge on any atom is 0.240 e. The van der Waals surface area contributed by atoms with Crippen LogP contribution in [0.3, 0.4) is 0 Å². The van der Waals surface area contributed by atoms with Gasteiger partial charge in [-0.2, -0.15) is 0 Å². The van der Waals surface area contributed by atoms with Crippen molar-refractivity contribution < 1.29 is 9.53 Å². The van der Waals surface area contributed by atoms with Gasteiger partial charge in [0.2, 0.25) is 5.91 Å². The topological polar surface area (TPSA) is 55.3 Å². The number of amides is 1. The van der Waals surface area contributed by atoms with E-state index in [1.807, 2.05) is 61.5 Å². The molecule has 2 unspecified atom stereocenters. The van der Waals surface area contributed by atoms with Crippen LogP contribution in [0.4, 0.5) is 5.69 Å². The number of hydrogen-bond acceptors (Lipinski definition) is 4. The van der Waals surface area contributed by atoms with Gasteiger partial charge in [0.1, 0.15) is 11.0 Å². The molecule has 2 N–H and O–H groups in total. The highest BCUT2D eigenvalue weighted by Gasteiger charge is 2.36. The third-order valence-electron chi connectivity index (χ3n) is 5.00. The van der Waals surface area contributed by atoms with Crippen molar-refractivity contribution in [2.75, 3.05) is 17.9 Å². The highest BCUT2D eigenvalue weighted by atomic mass is 32.2. The van der Waals surface area contributed by atoms with Gasteiger partial charge < -0.3 is 15.5 Å². The number of rotatable bonds is 4. The standard InChI is InChI=1S/C22H23N3O2S/c1-14-6-4-5-7-18(14)23-22(26)21-20(16-9-11-17(27-3)12-10-16)24-25-15(2)8-13-19(25)28-21/h4-13,20-21,24H,1-3H3,(H,23,26). The lowest BCUT2D eigenvalue weighted by atomic mass is 10.0. The van der Waals surface area contributed by atoms with Crippen LogP contribution in [-0.2, 0) is 4.79 Å². The normalized spacial score (nSPS) is 18.1. The Morgan fingerprint density at radius 1 is 1.07 bits per heavy atom. The van der Waals surface area contributed by atoms with Crippen molar-refractivity contribution in [3.05, 3.63) is 77.5 Å². The summed E-state index contributed by atoms with van der Waals surface area (Å²) < 4.78 is 7.33. The number of carbonyl (C=O) groups is 1. The first-order valence-electron chi connectivity index (χ1n) is 9.19. The number of methoxy groups -OCH3 is 1. The average Bonchev–Trinajstić information content (AvgIpc) is 3.09. The summed E-state index contributed by atoms with van der Waals surface area (Å²) in [4.78, 5) is 13.2. The minimum atomic E-state index is -0.310.